The molecule has 6 nitrogen and oxygen atoms in total. The number of nitrogens with one attached hydrogen (secondary N) is 1. The molecule has 0 aliphatic carbocycles. The summed E-state index contributed by atoms with van der Waals surface area (Å²) in [6.45, 7) is 5.48. The lowest BCUT2D eigenvalue weighted by Gasteiger charge is -2.24. The van der Waals surface area contributed by atoms with Crippen LogP contribution in [0, 0.1) is 0 Å². The topological polar surface area (TPSA) is 98.5 Å². The maximum absolute atomic E-state index is 12.3. The van der Waals surface area contributed by atoms with Gasteiger partial charge in [-0.1, -0.05) is 0 Å². The Balaban J connectivity index is 3.13. The van der Waals surface area contributed by atoms with Crippen molar-refractivity contribution in [2.24, 2.45) is 5.73 Å². The molecule has 118 valence electrons. The number of esters is 1. The summed E-state index contributed by atoms with van der Waals surface area (Å²) < 4.78 is 32.3. The number of hydrogen-bond donors (Lipinski definition) is 2. The zero-order valence-electron chi connectivity index (χ0n) is 12.1. The summed E-state index contributed by atoms with van der Waals surface area (Å²) in [6.07, 6.45) is 0. The molecular weight excluding hydrogens is 360 g/mol. The van der Waals surface area contributed by atoms with Gasteiger partial charge in [0.25, 0.3) is 0 Å². The minimum atomic E-state index is -3.74. The predicted molar refractivity (Wildman–Crippen MR) is 83.6 cm³/mol. The molecule has 0 unspecified atom stereocenters. The van der Waals surface area contributed by atoms with Gasteiger partial charge in [0.15, 0.2) is 0 Å². The monoisotopic (exact) mass is 378 g/mol. The van der Waals surface area contributed by atoms with Gasteiger partial charge in [0.05, 0.1) is 17.1 Å². The van der Waals surface area contributed by atoms with Crippen LogP contribution in [0.1, 0.15) is 31.1 Å². The molecule has 0 heterocycles. The van der Waals surface area contributed by atoms with Crippen molar-refractivity contribution in [3.8, 4) is 0 Å². The van der Waals surface area contributed by atoms with Crippen molar-refractivity contribution < 1.29 is 17.9 Å². The van der Waals surface area contributed by atoms with E-state index in [0.29, 0.717) is 0 Å². The van der Waals surface area contributed by atoms with E-state index in [-0.39, 0.29) is 28.1 Å². The molecule has 0 aromatic heterocycles. The molecule has 0 fully saturated rings. The number of halogens is 1. The van der Waals surface area contributed by atoms with Gasteiger partial charge in [0.1, 0.15) is 0 Å². The summed E-state index contributed by atoms with van der Waals surface area (Å²) in [6, 6.07) is 4.18. The Morgan fingerprint density at radius 1 is 1.43 bits per heavy atom. The van der Waals surface area contributed by atoms with E-state index in [0.717, 1.165) is 0 Å². The van der Waals surface area contributed by atoms with Crippen molar-refractivity contribution >= 4 is 31.9 Å². The highest BCUT2D eigenvalue weighted by molar-refractivity contribution is 9.10. The highest BCUT2D eigenvalue weighted by atomic mass is 79.9. The molecule has 8 heteroatoms. The molecule has 1 aromatic rings. The van der Waals surface area contributed by atoms with Gasteiger partial charge in [-0.2, -0.15) is 0 Å². The van der Waals surface area contributed by atoms with Gasteiger partial charge in [0.2, 0.25) is 10.0 Å². The minimum absolute atomic E-state index is 0.0390. The molecule has 0 atom stereocenters. The lowest BCUT2D eigenvalue weighted by atomic mass is 10.1. The van der Waals surface area contributed by atoms with Crippen LogP contribution in [-0.4, -0.2) is 33.1 Å². The number of benzene rings is 1. The Labute approximate surface area is 133 Å². The number of sulfonamides is 1. The van der Waals surface area contributed by atoms with Crippen LogP contribution in [0.15, 0.2) is 27.6 Å². The molecule has 1 aromatic carbocycles. The summed E-state index contributed by atoms with van der Waals surface area (Å²) in [7, 11) is -3.74. The fourth-order valence-corrected chi connectivity index (χ4v) is 4.02. The number of carbonyl (C=O) groups is 1. The number of nitrogens with two attached hydrogens (primary N) is 1. The Morgan fingerprint density at radius 3 is 2.52 bits per heavy atom. The Bertz CT molecular complexity index is 629. The van der Waals surface area contributed by atoms with Crippen molar-refractivity contribution in [3.05, 3.63) is 28.2 Å². The van der Waals surface area contributed by atoms with Gasteiger partial charge in [-0.15, -0.1) is 0 Å². The third-order valence-corrected chi connectivity index (χ3v) is 5.33. The predicted octanol–water partition coefficient (Wildman–Crippen LogP) is 1.64. The van der Waals surface area contributed by atoms with Gasteiger partial charge in [0, 0.05) is 16.6 Å². The van der Waals surface area contributed by atoms with Crippen LogP contribution in [0.4, 0.5) is 0 Å². The van der Waals surface area contributed by atoms with Crippen LogP contribution in [0.25, 0.3) is 0 Å². The third-order valence-electron chi connectivity index (χ3n) is 2.65. The fourth-order valence-electron chi connectivity index (χ4n) is 1.52. The maximum atomic E-state index is 12.3. The van der Waals surface area contributed by atoms with Gasteiger partial charge in [-0.05, 0) is 54.9 Å². The van der Waals surface area contributed by atoms with Crippen LogP contribution < -0.4 is 10.5 Å². The van der Waals surface area contributed by atoms with Crippen LogP contribution in [0.5, 0.6) is 0 Å². The summed E-state index contributed by atoms with van der Waals surface area (Å²) in [5.41, 5.74) is 5.04. The average molecular weight is 379 g/mol. The van der Waals surface area contributed by atoms with E-state index >= 15 is 0 Å². The third kappa shape index (κ3) is 4.77. The molecule has 0 bridgehead atoms. The minimum Gasteiger partial charge on any atom is -0.462 e. The van der Waals surface area contributed by atoms with E-state index in [2.05, 4.69) is 20.7 Å². The molecule has 1 rings (SSSR count). The lowest BCUT2D eigenvalue weighted by Crippen LogP contribution is -2.48. The van der Waals surface area contributed by atoms with Crippen LogP contribution in [0.2, 0.25) is 0 Å². The van der Waals surface area contributed by atoms with E-state index in [1.54, 1.807) is 20.8 Å². The summed E-state index contributed by atoms with van der Waals surface area (Å²) in [4.78, 5) is 11.6. The van der Waals surface area contributed by atoms with Gasteiger partial charge < -0.3 is 10.5 Å². The highest BCUT2D eigenvalue weighted by Gasteiger charge is 2.27. The number of carbonyl (C=O) groups excluding carboxylic acids is 1. The first-order valence-corrected chi connectivity index (χ1v) is 8.61. The van der Waals surface area contributed by atoms with E-state index in [1.807, 2.05) is 0 Å². The van der Waals surface area contributed by atoms with Crippen molar-refractivity contribution in [3.63, 3.8) is 0 Å². The van der Waals surface area contributed by atoms with E-state index in [4.69, 9.17) is 10.5 Å². The van der Waals surface area contributed by atoms with E-state index < -0.39 is 21.5 Å². The first-order valence-electron chi connectivity index (χ1n) is 6.33. The van der Waals surface area contributed by atoms with Crippen molar-refractivity contribution in [1.29, 1.82) is 0 Å². The van der Waals surface area contributed by atoms with Gasteiger partial charge >= 0.3 is 5.97 Å². The lowest BCUT2D eigenvalue weighted by molar-refractivity contribution is 0.0526. The molecule has 0 aliphatic heterocycles. The molecule has 3 N–H and O–H groups in total. The number of ether oxygens (including phenoxy) is 1. The molecule has 21 heavy (non-hydrogen) atoms. The number of hydrogen-bond acceptors (Lipinski definition) is 5. The van der Waals surface area contributed by atoms with E-state index in [1.165, 1.54) is 18.2 Å². The summed E-state index contributed by atoms with van der Waals surface area (Å²) in [5.74, 6) is -0.502. The van der Waals surface area contributed by atoms with Crippen molar-refractivity contribution in [2.45, 2.75) is 31.2 Å². The van der Waals surface area contributed by atoms with Crippen LogP contribution in [-0.2, 0) is 14.8 Å². The molecule has 0 radical (unpaired) electrons. The van der Waals surface area contributed by atoms with Crippen LogP contribution >= 0.6 is 15.9 Å². The zero-order chi connectivity index (χ0) is 16.3. The molecule has 0 aliphatic rings. The number of rotatable bonds is 6. The second-order valence-corrected chi connectivity index (χ2v) is 7.56. The quantitative estimate of drug-likeness (QED) is 0.733. The average Bonchev–Trinajstić information content (AvgIpc) is 2.37. The first-order chi connectivity index (χ1) is 9.63. The highest BCUT2D eigenvalue weighted by Crippen LogP contribution is 2.24. The first kappa shape index (κ1) is 18.1. The second kappa shape index (κ2) is 6.87. The standard InChI is InChI=1S/C13H19BrN2O4S/c1-4-20-12(17)9-5-6-11(10(14)7-9)21(18,19)16-13(2,3)8-15/h5-7,16H,4,8,15H2,1-3H3. The van der Waals surface area contributed by atoms with Gasteiger partial charge in [-0.25, -0.2) is 17.9 Å². The Hall–Kier alpha value is -0.960. The maximum Gasteiger partial charge on any atom is 0.338 e. The Kier molecular flexibility index (Phi) is 5.92. The van der Waals surface area contributed by atoms with E-state index in [9.17, 15) is 13.2 Å². The van der Waals surface area contributed by atoms with Crippen molar-refractivity contribution in [1.82, 2.24) is 4.72 Å². The molecule has 0 spiro atoms. The molecular formula is C13H19BrN2O4S. The normalized spacial score (nSPS) is 12.2. The largest absolute Gasteiger partial charge is 0.462 e. The second-order valence-electron chi connectivity index (χ2n) is 5.06. The zero-order valence-corrected chi connectivity index (χ0v) is 14.5. The van der Waals surface area contributed by atoms with Crippen molar-refractivity contribution in [2.75, 3.05) is 13.2 Å². The molecule has 0 saturated heterocycles. The summed E-state index contributed by atoms with van der Waals surface area (Å²) in [5, 5.41) is 0. The molecule has 0 saturated carbocycles. The smallest absolute Gasteiger partial charge is 0.338 e. The van der Waals surface area contributed by atoms with Gasteiger partial charge in [-0.3, -0.25) is 0 Å². The Morgan fingerprint density at radius 2 is 2.05 bits per heavy atom. The fraction of sp³-hybridized carbons (Fsp3) is 0.462. The SMILES string of the molecule is CCOC(=O)c1ccc(S(=O)(=O)NC(C)(C)CN)c(Br)c1. The summed E-state index contributed by atoms with van der Waals surface area (Å²) >= 11 is 3.17. The van der Waals surface area contributed by atoms with Crippen LogP contribution in [0.3, 0.4) is 0 Å². The molecule has 0 amide bonds.